The fraction of sp³-hybridized carbons (Fsp3) is 0.619. The van der Waals surface area contributed by atoms with E-state index in [1.165, 1.54) is 17.8 Å². The third-order valence-corrected chi connectivity index (χ3v) is 21.6. The number of amides is 7. The van der Waals surface area contributed by atoms with Gasteiger partial charge in [-0.1, -0.05) is 40.7 Å². The minimum Gasteiger partial charge on any atom is -0.756 e. The summed E-state index contributed by atoms with van der Waals surface area (Å²) in [4.78, 5) is 128. The van der Waals surface area contributed by atoms with E-state index < -0.39 is 149 Å². The molecule has 2 aromatic rings. The minimum absolute atomic E-state index is 0. The average Bonchev–Trinajstić information content (AvgIpc) is 1.53. The van der Waals surface area contributed by atoms with Crippen molar-refractivity contribution in [1.29, 1.82) is 0 Å². The van der Waals surface area contributed by atoms with E-state index in [2.05, 4.69) is 21.9 Å². The number of rotatable bonds is 26. The number of aliphatic hydroxyl groups excluding tert-OH is 2. The second-order valence-corrected chi connectivity index (χ2v) is 28.8. The number of primary amides is 6. The van der Waals surface area contributed by atoms with Gasteiger partial charge >= 0.3 is 16.8 Å². The molecule has 15 atom stereocenters. The molecule has 15 unspecified atom stereocenters. The standard InChI is InChI=1S/C62H90N13O14P.CClF2.Co/c1-29-20-39-40(21-30(29)2)75(28-70-39)57-52(84)53(41(27-76)87-57)89-90(85,86)88-31(3)26-69-49(83)18-19-59(8)37(22-46(66)80)56-62(11)61(10,25-48(68)82)36(14-17-45(65)79)51(74-62)33(5)55-60(9,24-47(67)81)34(12-15-43(63)77)38(71-55)23-42-58(6,7)35(13-16-44(64)78)50(72-42)32(4)54(59)73-56;2-1(3)4;/h20-21,23,28,31,34-37,41,52-53,56-57,76,84H,12-19,22,24-27H2,1-11H3,(H15,63,64,65,66,67,68,69,71,72,73,74,77,78,79,80,81,82,83,85,86);;/q;-1;+2/p-2. The zero-order valence-electron chi connectivity index (χ0n) is 55.1. The van der Waals surface area contributed by atoms with Crippen molar-refractivity contribution in [3.05, 3.63) is 75.1 Å². The summed E-state index contributed by atoms with van der Waals surface area (Å²) in [5.41, 5.74) is 36.7. The first-order valence-corrected chi connectivity index (χ1v) is 32.9. The number of carbonyl (C=O) groups excluding carboxylic acids is 7. The molecular formula is C63H88ClCoF2N13O14P-. The van der Waals surface area contributed by atoms with Crippen LogP contribution in [0.5, 0.6) is 0 Å². The van der Waals surface area contributed by atoms with Gasteiger partial charge in [0.15, 0.2) is 6.23 Å². The summed E-state index contributed by atoms with van der Waals surface area (Å²) in [5, 5.41) is 30.1. The van der Waals surface area contributed by atoms with Crippen LogP contribution >= 0.6 is 19.4 Å². The van der Waals surface area contributed by atoms with Crippen LogP contribution in [0.25, 0.3) is 16.4 Å². The van der Waals surface area contributed by atoms with E-state index in [-0.39, 0.29) is 94.0 Å². The molecule has 0 saturated carbocycles. The predicted molar refractivity (Wildman–Crippen MR) is 343 cm³/mol. The minimum atomic E-state index is -5.32. The Balaban J connectivity index is 0.00000278. The van der Waals surface area contributed by atoms with Crippen molar-refractivity contribution >= 4 is 88.9 Å². The number of benzene rings is 1. The number of allylic oxidation sites excluding steroid dienone is 6. The van der Waals surface area contributed by atoms with Crippen LogP contribution < -0.4 is 44.6 Å². The summed E-state index contributed by atoms with van der Waals surface area (Å²) in [5.74, 6) is -9.52. The first-order valence-electron chi connectivity index (χ1n) is 31.1. The maximum absolute atomic E-state index is 14.4. The van der Waals surface area contributed by atoms with E-state index in [1.807, 2.05) is 80.5 Å². The second-order valence-electron chi connectivity index (χ2n) is 27.2. The van der Waals surface area contributed by atoms with E-state index in [0.29, 0.717) is 56.4 Å². The Bertz CT molecular complexity index is 3620. The molecule has 6 aliphatic heterocycles. The summed E-state index contributed by atoms with van der Waals surface area (Å²) in [7, 11) is -5.32. The number of hydrogen-bond acceptors (Lipinski definition) is 18. The Morgan fingerprint density at radius 3 is 1.95 bits per heavy atom. The topological polar surface area (TPSA) is 465 Å². The van der Waals surface area contributed by atoms with Crippen LogP contribution in [0.2, 0.25) is 0 Å². The van der Waals surface area contributed by atoms with Crippen LogP contribution in [-0.2, 0) is 68.7 Å². The van der Waals surface area contributed by atoms with Gasteiger partial charge in [0.1, 0.15) is 18.3 Å². The number of aromatic nitrogens is 2. The number of nitrogens with two attached hydrogens (primary N) is 6. The molecule has 27 nitrogen and oxygen atoms in total. The number of aliphatic imine (C=N–C) groups is 3. The number of ether oxygens (including phenoxy) is 1. The molecule has 0 aliphatic carbocycles. The molecule has 2 fully saturated rings. The Labute approximate surface area is 565 Å². The molecule has 15 N–H and O–H groups in total. The predicted octanol–water partition coefficient (Wildman–Crippen LogP) is 4.92. The number of halogens is 3. The zero-order valence-corrected chi connectivity index (χ0v) is 57.8. The van der Waals surface area contributed by atoms with Crippen LogP contribution in [0.15, 0.2) is 67.8 Å². The van der Waals surface area contributed by atoms with Gasteiger partial charge in [0.25, 0.3) is 7.82 Å². The number of carbonyl (C=O) groups is 7. The molecule has 1 aromatic carbocycles. The van der Waals surface area contributed by atoms with Gasteiger partial charge in [-0.2, -0.15) is 5.70 Å². The van der Waals surface area contributed by atoms with Crippen molar-refractivity contribution in [2.75, 3.05) is 13.2 Å². The third kappa shape index (κ3) is 16.0. The average molecular weight is 1410 g/mol. The Morgan fingerprint density at radius 2 is 1.39 bits per heavy atom. The molecule has 95 heavy (non-hydrogen) atoms. The van der Waals surface area contributed by atoms with Crippen molar-refractivity contribution in [3.63, 3.8) is 0 Å². The molecule has 1 radical (unpaired) electrons. The Morgan fingerprint density at radius 1 is 0.821 bits per heavy atom. The van der Waals surface area contributed by atoms with Gasteiger partial charge in [-0.3, -0.25) is 64.7 Å². The SMILES string of the molecule is CC1=C2N=C(C=C3N=C(C(C)=C4[N-]C(C(CC(N)=O)C4(C)CCC(=O)NCC(C)OP(=O)([O-])OC4C(CO)OC(n5cnc6cc(C)c(C)cc65)C4O)C4(C)N=C1C(CCC(N)=O)C4(C)CC(N)=O)C(CCC(N)=O)C3(C)C)C(CCC(N)=O)C2(C)CC(N)=O.F[C-](F)Cl.[Co+2]. The van der Waals surface area contributed by atoms with E-state index >= 15 is 0 Å². The van der Waals surface area contributed by atoms with Crippen molar-refractivity contribution < 1.29 is 92.6 Å². The van der Waals surface area contributed by atoms with E-state index in [1.54, 1.807) is 6.92 Å². The zero-order chi connectivity index (χ0) is 70.3. The fourth-order valence-electron chi connectivity index (χ4n) is 15.3. The number of aryl methyl sites for hydroxylation is 2. The van der Waals surface area contributed by atoms with Gasteiger partial charge < -0.3 is 87.3 Å². The normalized spacial score (nSPS) is 30.7. The molecule has 6 aliphatic rings. The van der Waals surface area contributed by atoms with Crippen LogP contribution in [0.1, 0.15) is 150 Å². The summed E-state index contributed by atoms with van der Waals surface area (Å²) in [6.45, 7) is 19.0. The number of phosphoric acid groups is 1. The van der Waals surface area contributed by atoms with Gasteiger partial charge in [-0.05, 0) is 119 Å². The fourth-order valence-corrected chi connectivity index (χ4v) is 16.4. The van der Waals surface area contributed by atoms with Crippen LogP contribution in [0.3, 0.4) is 0 Å². The third-order valence-electron chi connectivity index (χ3n) is 20.5. The summed E-state index contributed by atoms with van der Waals surface area (Å²) in [6.07, 6.45) is -4.79. The van der Waals surface area contributed by atoms with E-state index in [4.69, 9.17) is 68.5 Å². The number of nitrogens with zero attached hydrogens (tertiary/aromatic N) is 6. The number of imidazole rings is 1. The largest absolute Gasteiger partial charge is 2.00 e. The van der Waals surface area contributed by atoms with Crippen molar-refractivity contribution in [1.82, 2.24) is 14.9 Å². The Kier molecular flexibility index (Phi) is 24.3. The van der Waals surface area contributed by atoms with E-state index in [0.717, 1.165) is 11.1 Å². The van der Waals surface area contributed by atoms with Gasteiger partial charge in [0.2, 0.25) is 41.4 Å². The number of nitrogens with one attached hydrogen (secondary N) is 1. The summed E-state index contributed by atoms with van der Waals surface area (Å²) in [6, 6.07) is 2.65. The van der Waals surface area contributed by atoms with Gasteiger partial charge in [-0.25, -0.2) is 4.98 Å². The first-order chi connectivity index (χ1) is 43.6. The summed E-state index contributed by atoms with van der Waals surface area (Å²) >= 11 is 3.86. The molecular weight excluding hydrogens is 1330 g/mol. The molecule has 0 spiro atoms. The van der Waals surface area contributed by atoms with E-state index in [9.17, 15) is 62.0 Å². The molecule has 7 amide bonds. The molecule has 8 rings (SSSR count). The van der Waals surface area contributed by atoms with Crippen molar-refractivity contribution in [2.45, 2.75) is 189 Å². The monoisotopic (exact) mass is 1410 g/mol. The van der Waals surface area contributed by atoms with Gasteiger partial charge in [-0.15, -0.1) is 0 Å². The maximum atomic E-state index is 14.4. The van der Waals surface area contributed by atoms with Crippen LogP contribution in [0, 0.1) is 65.1 Å². The number of hydrogen-bond donors (Lipinski definition) is 9. The van der Waals surface area contributed by atoms with Crippen LogP contribution in [0.4, 0.5) is 8.78 Å². The quantitative estimate of drug-likeness (QED) is 0.0446. The maximum Gasteiger partial charge on any atom is 2.00 e. The first kappa shape index (κ1) is 77.7. The van der Waals surface area contributed by atoms with Crippen molar-refractivity contribution in [3.8, 4) is 0 Å². The molecule has 1 aromatic heterocycles. The Hall–Kier alpha value is -6.34. The molecule has 8 bridgehead atoms. The smallest absolute Gasteiger partial charge is 0.756 e. The summed E-state index contributed by atoms with van der Waals surface area (Å²) < 4.78 is 51.9. The molecule has 2 saturated heterocycles. The van der Waals surface area contributed by atoms with Crippen molar-refractivity contribution in [2.24, 2.45) is 94.7 Å². The number of aliphatic hydroxyl groups is 2. The van der Waals surface area contributed by atoms with Gasteiger partial charge in [0.05, 0.1) is 47.2 Å². The molecule has 32 heteroatoms. The molecule has 525 valence electrons. The van der Waals surface area contributed by atoms with Gasteiger partial charge in [0, 0.05) is 108 Å². The number of fused-ring (bicyclic) bond motifs is 7. The number of phosphoric ester groups is 1. The molecule has 7 heterocycles. The van der Waals surface area contributed by atoms with Crippen LogP contribution in [-0.4, -0.2) is 127 Å². The second kappa shape index (κ2) is 29.8.